The first-order chi connectivity index (χ1) is 14.5. The van der Waals surface area contributed by atoms with Crippen LogP contribution in [0.4, 0.5) is 5.69 Å². The van der Waals surface area contributed by atoms with Gasteiger partial charge in [0.2, 0.25) is 5.91 Å². The number of nitro groups is 1. The topological polar surface area (TPSA) is 110 Å². The smallest absolute Gasteiger partial charge is 0.326 e. The fraction of sp³-hybridized carbons (Fsp3) is 0.130. The van der Waals surface area contributed by atoms with E-state index in [1.807, 2.05) is 48.5 Å². The summed E-state index contributed by atoms with van der Waals surface area (Å²) in [6.07, 6.45) is 0.0229. The summed E-state index contributed by atoms with van der Waals surface area (Å²) in [4.78, 5) is 35.2. The highest BCUT2D eigenvalue weighted by Crippen LogP contribution is 2.44. The molecule has 1 aliphatic rings. The Kier molecular flexibility index (Phi) is 5.02. The lowest BCUT2D eigenvalue weighted by atomic mass is 9.95. The number of carboxylic acid groups (broad SMARTS) is 1. The quantitative estimate of drug-likeness (QED) is 0.484. The van der Waals surface area contributed by atoms with E-state index in [0.29, 0.717) is 5.56 Å². The molecule has 3 aromatic rings. The minimum Gasteiger partial charge on any atom is -0.480 e. The molecule has 0 aliphatic heterocycles. The second kappa shape index (κ2) is 7.79. The van der Waals surface area contributed by atoms with Crippen LogP contribution in [-0.2, 0) is 16.0 Å². The van der Waals surface area contributed by atoms with Crippen LogP contribution in [0.25, 0.3) is 11.1 Å². The molecule has 0 saturated heterocycles. The Bertz CT molecular complexity index is 1090. The maximum atomic E-state index is 13.2. The summed E-state index contributed by atoms with van der Waals surface area (Å²) in [5, 5.41) is 23.1. The van der Waals surface area contributed by atoms with Crippen LogP contribution in [-0.4, -0.2) is 27.9 Å². The lowest BCUT2D eigenvalue weighted by Gasteiger charge is -2.19. The zero-order chi connectivity index (χ0) is 21.3. The van der Waals surface area contributed by atoms with Gasteiger partial charge in [0.1, 0.15) is 6.04 Å². The molecular formula is C23H18N2O5. The highest BCUT2D eigenvalue weighted by atomic mass is 16.6. The van der Waals surface area contributed by atoms with Gasteiger partial charge in [-0.3, -0.25) is 14.9 Å². The molecule has 2 N–H and O–H groups in total. The highest BCUT2D eigenvalue weighted by molar-refractivity contribution is 5.97. The Balaban J connectivity index is 1.58. The molecule has 1 amide bonds. The number of nitro benzene ring substituents is 1. The Morgan fingerprint density at radius 2 is 1.47 bits per heavy atom. The van der Waals surface area contributed by atoms with Crippen LogP contribution in [0.15, 0.2) is 72.8 Å². The first-order valence-corrected chi connectivity index (χ1v) is 9.40. The van der Waals surface area contributed by atoms with E-state index >= 15 is 0 Å². The molecule has 7 heteroatoms. The van der Waals surface area contributed by atoms with Crippen molar-refractivity contribution in [3.8, 4) is 11.1 Å². The van der Waals surface area contributed by atoms with Crippen molar-refractivity contribution in [2.24, 2.45) is 0 Å². The number of carboxylic acids is 1. The molecule has 4 rings (SSSR count). The number of nitrogens with one attached hydrogen (secondary N) is 1. The van der Waals surface area contributed by atoms with E-state index in [4.69, 9.17) is 0 Å². The summed E-state index contributed by atoms with van der Waals surface area (Å²) in [6, 6.07) is 19.7. The van der Waals surface area contributed by atoms with E-state index < -0.39 is 22.9 Å². The third-order valence-electron chi connectivity index (χ3n) is 5.30. The monoisotopic (exact) mass is 402 g/mol. The molecule has 0 radical (unpaired) electrons. The van der Waals surface area contributed by atoms with Crippen LogP contribution < -0.4 is 5.32 Å². The van der Waals surface area contributed by atoms with E-state index in [0.717, 1.165) is 22.3 Å². The number of aliphatic carboxylic acids is 1. The molecule has 1 atom stereocenters. The summed E-state index contributed by atoms with van der Waals surface area (Å²) in [5.41, 5.74) is 4.13. The first kappa shape index (κ1) is 19.3. The van der Waals surface area contributed by atoms with Crippen molar-refractivity contribution in [2.75, 3.05) is 0 Å². The maximum Gasteiger partial charge on any atom is 0.326 e. The molecule has 3 aromatic carbocycles. The van der Waals surface area contributed by atoms with Gasteiger partial charge >= 0.3 is 5.97 Å². The minimum absolute atomic E-state index is 0.0229. The molecular weight excluding hydrogens is 384 g/mol. The average molecular weight is 402 g/mol. The number of rotatable bonds is 6. The molecule has 150 valence electrons. The van der Waals surface area contributed by atoms with Gasteiger partial charge in [0.05, 0.1) is 10.8 Å². The van der Waals surface area contributed by atoms with Crippen LogP contribution in [0.2, 0.25) is 0 Å². The number of hydrogen-bond donors (Lipinski definition) is 2. The Morgan fingerprint density at radius 1 is 0.933 bits per heavy atom. The fourth-order valence-corrected chi connectivity index (χ4v) is 3.88. The van der Waals surface area contributed by atoms with Crippen molar-refractivity contribution < 1.29 is 19.6 Å². The van der Waals surface area contributed by atoms with E-state index in [1.54, 1.807) is 0 Å². The van der Waals surface area contributed by atoms with Gasteiger partial charge in [0.15, 0.2) is 0 Å². The van der Waals surface area contributed by atoms with Crippen molar-refractivity contribution in [2.45, 2.75) is 18.4 Å². The van der Waals surface area contributed by atoms with E-state index in [2.05, 4.69) is 5.32 Å². The van der Waals surface area contributed by atoms with Crippen molar-refractivity contribution in [3.05, 3.63) is 99.6 Å². The number of benzene rings is 3. The molecule has 0 spiro atoms. The van der Waals surface area contributed by atoms with Crippen molar-refractivity contribution >= 4 is 17.6 Å². The summed E-state index contributed by atoms with van der Waals surface area (Å²) < 4.78 is 0. The predicted molar refractivity (Wildman–Crippen MR) is 110 cm³/mol. The van der Waals surface area contributed by atoms with Gasteiger partial charge in [0.25, 0.3) is 5.69 Å². The van der Waals surface area contributed by atoms with E-state index in [-0.39, 0.29) is 18.0 Å². The molecule has 0 heterocycles. The fourth-order valence-electron chi connectivity index (χ4n) is 3.88. The summed E-state index contributed by atoms with van der Waals surface area (Å²) in [5.74, 6) is -2.14. The first-order valence-electron chi connectivity index (χ1n) is 9.40. The molecule has 0 unspecified atom stereocenters. The van der Waals surface area contributed by atoms with Crippen molar-refractivity contribution in [1.29, 1.82) is 0 Å². The van der Waals surface area contributed by atoms with Crippen molar-refractivity contribution in [1.82, 2.24) is 5.32 Å². The summed E-state index contributed by atoms with van der Waals surface area (Å²) >= 11 is 0. The maximum absolute atomic E-state index is 13.2. The van der Waals surface area contributed by atoms with Crippen LogP contribution >= 0.6 is 0 Å². The zero-order valence-corrected chi connectivity index (χ0v) is 15.8. The number of hydrogen-bond acceptors (Lipinski definition) is 4. The summed E-state index contributed by atoms with van der Waals surface area (Å²) in [6.45, 7) is 0. The summed E-state index contributed by atoms with van der Waals surface area (Å²) in [7, 11) is 0. The zero-order valence-electron chi connectivity index (χ0n) is 15.8. The minimum atomic E-state index is -1.17. The molecule has 1 aliphatic carbocycles. The van der Waals surface area contributed by atoms with Crippen LogP contribution in [0.3, 0.4) is 0 Å². The van der Waals surface area contributed by atoms with Gasteiger partial charge in [-0.2, -0.15) is 0 Å². The van der Waals surface area contributed by atoms with Crippen molar-refractivity contribution in [3.63, 3.8) is 0 Å². The van der Waals surface area contributed by atoms with Gasteiger partial charge in [-0.25, -0.2) is 4.79 Å². The number of carbonyl (C=O) groups is 2. The highest BCUT2D eigenvalue weighted by Gasteiger charge is 2.35. The van der Waals surface area contributed by atoms with Gasteiger partial charge in [-0.05, 0) is 27.8 Å². The standard InChI is InChI=1S/C23H18N2O5/c26-22(21-18-7-3-1-5-16(18)17-6-2-4-8-19(17)21)24-20(23(27)28)13-14-9-11-15(12-10-14)25(29)30/h1-12,20-21H,13H2,(H,24,26)(H,27,28)/t20-/m0/s1. The largest absolute Gasteiger partial charge is 0.480 e. The molecule has 0 bridgehead atoms. The molecule has 0 fully saturated rings. The third kappa shape index (κ3) is 3.53. The van der Waals surface area contributed by atoms with Gasteiger partial charge in [0, 0.05) is 18.6 Å². The van der Waals surface area contributed by atoms with Crippen LogP contribution in [0, 0.1) is 10.1 Å². The number of amides is 1. The predicted octanol–water partition coefficient (Wildman–Crippen LogP) is 3.52. The third-order valence-corrected chi connectivity index (χ3v) is 5.30. The second-order valence-electron chi connectivity index (χ2n) is 7.13. The molecule has 0 saturated carbocycles. The SMILES string of the molecule is O=C(N[C@@H](Cc1ccc([N+](=O)[O-])cc1)C(=O)O)C1c2ccccc2-c2ccccc21. The van der Waals surface area contributed by atoms with Gasteiger partial charge in [-0.1, -0.05) is 60.7 Å². The Morgan fingerprint density at radius 3 is 1.97 bits per heavy atom. The van der Waals surface area contributed by atoms with Gasteiger partial charge < -0.3 is 10.4 Å². The molecule has 7 nitrogen and oxygen atoms in total. The number of nitrogens with zero attached hydrogens (tertiary/aromatic N) is 1. The molecule has 0 aromatic heterocycles. The molecule has 30 heavy (non-hydrogen) atoms. The average Bonchev–Trinajstić information content (AvgIpc) is 3.08. The number of non-ortho nitro benzene ring substituents is 1. The number of fused-ring (bicyclic) bond motifs is 3. The normalized spacial score (nSPS) is 13.2. The van der Waals surface area contributed by atoms with E-state index in [1.165, 1.54) is 24.3 Å². The second-order valence-corrected chi connectivity index (χ2v) is 7.13. The lowest BCUT2D eigenvalue weighted by Crippen LogP contribution is -2.44. The Labute approximate surface area is 172 Å². The van der Waals surface area contributed by atoms with E-state index in [9.17, 15) is 24.8 Å². The Hall–Kier alpha value is -4.00. The lowest BCUT2D eigenvalue weighted by molar-refractivity contribution is -0.384. The van der Waals surface area contributed by atoms with Gasteiger partial charge in [-0.15, -0.1) is 0 Å². The van der Waals surface area contributed by atoms with Crippen LogP contribution in [0.5, 0.6) is 0 Å². The van der Waals surface area contributed by atoms with Crippen LogP contribution in [0.1, 0.15) is 22.6 Å². The number of carbonyl (C=O) groups excluding carboxylic acids is 1.